The third-order valence-electron chi connectivity index (χ3n) is 10.3. The zero-order valence-corrected chi connectivity index (χ0v) is 30.2. The predicted molar refractivity (Wildman–Crippen MR) is 221 cm³/mol. The minimum atomic E-state index is -2.19. The molecule has 9 rings (SSSR count). The summed E-state index contributed by atoms with van der Waals surface area (Å²) in [5.74, 6) is 0.589. The van der Waals surface area contributed by atoms with Crippen LogP contribution in [-0.4, -0.2) is 21.3 Å². The molecule has 3 nitrogen and oxygen atoms in total. The summed E-state index contributed by atoms with van der Waals surface area (Å²) < 4.78 is 27.5. The first-order valence-electron chi connectivity index (χ1n) is 17.9. The zero-order chi connectivity index (χ0) is 36.6. The van der Waals surface area contributed by atoms with Gasteiger partial charge in [0.05, 0.1) is 0 Å². The van der Waals surface area contributed by atoms with Crippen LogP contribution in [0.4, 0.5) is 8.78 Å². The quantitative estimate of drug-likeness (QED) is 0.154. The standard InChI is InChI=1S/C48H34F2N3P/c1-54(44-28-20-32-6-2-4-8-39(32)30-44,45-29-21-33-7-3-5-9-40(33)31-45)43-26-18-35(19-27-43)34-10-12-36(13-11-34)46-51-47(37-14-22-41(49)23-15-37)53-48(52-46)38-16-24-42(50)25-17-38/h2-20,22-28,30-31H,1,21,29H2. The monoisotopic (exact) mass is 721 g/mol. The zero-order valence-electron chi connectivity index (χ0n) is 29.3. The van der Waals surface area contributed by atoms with E-state index in [4.69, 9.17) is 16.3 Å². The third-order valence-corrected chi connectivity index (χ3v) is 14.0. The van der Waals surface area contributed by atoms with Gasteiger partial charge in [-0.3, -0.25) is 0 Å². The molecule has 6 heteroatoms. The van der Waals surface area contributed by atoms with E-state index >= 15 is 0 Å². The molecule has 0 aliphatic heterocycles. The summed E-state index contributed by atoms with van der Waals surface area (Å²) in [6.07, 6.45) is 9.50. The first kappa shape index (κ1) is 33.5. The lowest BCUT2D eigenvalue weighted by molar-refractivity contribution is 0.627. The van der Waals surface area contributed by atoms with E-state index in [9.17, 15) is 8.78 Å². The maximum Gasteiger partial charge on any atom is 0.164 e. The van der Waals surface area contributed by atoms with E-state index in [2.05, 4.69) is 114 Å². The molecule has 0 spiro atoms. The van der Waals surface area contributed by atoms with Crippen LogP contribution in [0.1, 0.15) is 17.5 Å². The van der Waals surface area contributed by atoms with Crippen molar-refractivity contribution in [2.75, 3.05) is 0 Å². The van der Waals surface area contributed by atoms with Crippen molar-refractivity contribution in [3.8, 4) is 45.3 Å². The Kier molecular flexibility index (Phi) is 8.65. The molecule has 7 aromatic carbocycles. The van der Waals surface area contributed by atoms with Crippen LogP contribution in [0, 0.1) is 11.6 Å². The second kappa shape index (κ2) is 13.9. The van der Waals surface area contributed by atoms with E-state index in [1.54, 1.807) is 24.3 Å². The van der Waals surface area contributed by atoms with Crippen LogP contribution in [0.2, 0.25) is 0 Å². The van der Waals surface area contributed by atoms with Gasteiger partial charge in [0.1, 0.15) is 11.6 Å². The summed E-state index contributed by atoms with van der Waals surface area (Å²) >= 11 is 0. The molecule has 1 aliphatic carbocycles. The highest BCUT2D eigenvalue weighted by atomic mass is 31.2. The number of halogens is 2. The molecule has 0 radical (unpaired) electrons. The average molecular weight is 722 g/mol. The largest absolute Gasteiger partial charge is 0.208 e. The minimum absolute atomic E-state index is 0.344. The van der Waals surface area contributed by atoms with Gasteiger partial charge in [-0.2, -0.15) is 0 Å². The normalized spacial score (nSPS) is 13.6. The first-order valence-corrected chi connectivity index (χ1v) is 19.9. The van der Waals surface area contributed by atoms with Crippen LogP contribution in [0.3, 0.4) is 0 Å². The van der Waals surface area contributed by atoms with Crippen molar-refractivity contribution in [2.24, 2.45) is 0 Å². The lowest BCUT2D eigenvalue weighted by Gasteiger charge is -2.32. The molecule has 0 saturated heterocycles. The molecule has 54 heavy (non-hydrogen) atoms. The van der Waals surface area contributed by atoms with E-state index in [0.29, 0.717) is 28.6 Å². The number of aromatic nitrogens is 3. The predicted octanol–water partition coefficient (Wildman–Crippen LogP) is 11.4. The second-order valence-electron chi connectivity index (χ2n) is 13.6. The third kappa shape index (κ3) is 6.38. The molecule has 0 saturated carbocycles. The molecule has 8 aromatic rings. The molecule has 0 bridgehead atoms. The van der Waals surface area contributed by atoms with Gasteiger partial charge in [0.25, 0.3) is 0 Å². The summed E-state index contributed by atoms with van der Waals surface area (Å²) in [7, 11) is 0. The molecule has 1 aromatic heterocycles. The Morgan fingerprint density at radius 3 is 1.50 bits per heavy atom. The van der Waals surface area contributed by atoms with Crippen LogP contribution in [0.15, 0.2) is 169 Å². The molecule has 0 fully saturated rings. The molecular formula is C48H34F2N3P. The highest BCUT2D eigenvalue weighted by molar-refractivity contribution is 7.90. The van der Waals surface area contributed by atoms with E-state index in [0.717, 1.165) is 29.5 Å². The van der Waals surface area contributed by atoms with E-state index in [-0.39, 0.29) is 11.6 Å². The lowest BCUT2D eigenvalue weighted by atomic mass is 9.98. The Bertz CT molecular complexity index is 2670. The Labute approximate surface area is 313 Å². The molecular weight excluding hydrogens is 688 g/mol. The van der Waals surface area contributed by atoms with Crippen molar-refractivity contribution in [3.05, 3.63) is 192 Å². The van der Waals surface area contributed by atoms with Gasteiger partial charge >= 0.3 is 0 Å². The van der Waals surface area contributed by atoms with Gasteiger partial charge in [0, 0.05) is 16.7 Å². The number of fused-ring (bicyclic) bond motifs is 2. The fourth-order valence-corrected chi connectivity index (χ4v) is 10.5. The van der Waals surface area contributed by atoms with Crippen molar-refractivity contribution in [1.29, 1.82) is 0 Å². The fraction of sp³-hybridized carbons (Fsp3) is 0.0417. The van der Waals surface area contributed by atoms with E-state index in [1.165, 1.54) is 62.1 Å². The van der Waals surface area contributed by atoms with Crippen LogP contribution >= 0.6 is 6.89 Å². The van der Waals surface area contributed by atoms with E-state index < -0.39 is 6.89 Å². The van der Waals surface area contributed by atoms with Crippen LogP contribution in [0.5, 0.6) is 0 Å². The molecule has 260 valence electrons. The van der Waals surface area contributed by atoms with Crippen molar-refractivity contribution >= 4 is 40.6 Å². The molecule has 0 amide bonds. The van der Waals surface area contributed by atoms with Crippen molar-refractivity contribution < 1.29 is 8.78 Å². The van der Waals surface area contributed by atoms with Crippen LogP contribution in [-0.2, 0) is 6.42 Å². The molecule has 1 heterocycles. The van der Waals surface area contributed by atoms with E-state index in [1.807, 2.05) is 12.1 Å². The summed E-state index contributed by atoms with van der Waals surface area (Å²) in [4.78, 5) is 14.2. The topological polar surface area (TPSA) is 38.7 Å². The van der Waals surface area contributed by atoms with Crippen LogP contribution in [0.25, 0.3) is 62.1 Å². The highest BCUT2D eigenvalue weighted by Crippen LogP contribution is 2.55. The van der Waals surface area contributed by atoms with Crippen molar-refractivity contribution in [3.63, 3.8) is 0 Å². The Balaban J connectivity index is 1.07. The summed E-state index contributed by atoms with van der Waals surface area (Å²) in [5.41, 5.74) is 6.93. The van der Waals surface area contributed by atoms with Gasteiger partial charge in [0.15, 0.2) is 17.5 Å². The van der Waals surface area contributed by atoms with Gasteiger partial charge in [-0.15, -0.1) is 0 Å². The van der Waals surface area contributed by atoms with Gasteiger partial charge in [-0.25, -0.2) is 23.7 Å². The van der Waals surface area contributed by atoms with Gasteiger partial charge in [-0.05, 0) is 123 Å². The van der Waals surface area contributed by atoms with Gasteiger partial charge in [-0.1, -0.05) is 122 Å². The molecule has 1 atom stereocenters. The number of hydrogen-bond acceptors (Lipinski definition) is 3. The fourth-order valence-electron chi connectivity index (χ4n) is 7.29. The van der Waals surface area contributed by atoms with Crippen LogP contribution < -0.4 is 10.6 Å². The number of aryl methyl sites for hydroxylation is 1. The Morgan fingerprint density at radius 2 is 0.907 bits per heavy atom. The van der Waals surface area contributed by atoms with Crippen molar-refractivity contribution in [1.82, 2.24) is 15.0 Å². The lowest BCUT2D eigenvalue weighted by Crippen LogP contribution is -2.19. The Morgan fingerprint density at radius 1 is 0.444 bits per heavy atom. The second-order valence-corrected chi connectivity index (χ2v) is 16.8. The summed E-state index contributed by atoms with van der Waals surface area (Å²) in [6, 6.07) is 53.2. The molecule has 0 N–H and O–H groups in total. The maximum atomic E-state index is 13.8. The first-order chi connectivity index (χ1) is 26.4. The highest BCUT2D eigenvalue weighted by Gasteiger charge is 2.27. The minimum Gasteiger partial charge on any atom is -0.208 e. The summed E-state index contributed by atoms with van der Waals surface area (Å²) in [6.45, 7) is -2.19. The molecule has 1 unspecified atom stereocenters. The number of hydrogen-bond donors (Lipinski definition) is 0. The number of benzene rings is 7. The number of allylic oxidation sites excluding steroid dienone is 1. The Hall–Kier alpha value is -6.29. The maximum absolute atomic E-state index is 13.8. The van der Waals surface area contributed by atoms with Gasteiger partial charge in [0.2, 0.25) is 0 Å². The smallest absolute Gasteiger partial charge is 0.164 e. The number of rotatable bonds is 7. The number of nitrogens with zero attached hydrogens (tertiary/aromatic N) is 3. The SMILES string of the molecule is C=P(C1=Cc2ccccc2CC1)(c1ccc(-c2ccc(-c3nc(-c4ccc(F)cc4)nc(-c4ccc(F)cc4)n3)cc2)cc1)c1ccc2ccccc2c1. The average Bonchev–Trinajstić information content (AvgIpc) is 3.23. The molecule has 1 aliphatic rings. The van der Waals surface area contributed by atoms with Crippen molar-refractivity contribution in [2.45, 2.75) is 12.8 Å². The van der Waals surface area contributed by atoms with Gasteiger partial charge < -0.3 is 0 Å². The summed E-state index contributed by atoms with van der Waals surface area (Å²) in [5, 5.41) is 6.39.